The van der Waals surface area contributed by atoms with E-state index in [2.05, 4.69) is 29.6 Å². The third kappa shape index (κ3) is 3.07. The normalized spacial score (nSPS) is 20.6. The predicted molar refractivity (Wildman–Crippen MR) is 99.7 cm³/mol. The van der Waals surface area contributed by atoms with Gasteiger partial charge in [0.1, 0.15) is 5.82 Å². The van der Waals surface area contributed by atoms with Gasteiger partial charge in [-0.25, -0.2) is 14.5 Å². The summed E-state index contributed by atoms with van der Waals surface area (Å²) >= 11 is 0. The molecule has 0 radical (unpaired) electrons. The van der Waals surface area contributed by atoms with Crippen molar-refractivity contribution in [3.8, 4) is 0 Å². The molecule has 2 aliphatic heterocycles. The third-order valence-corrected chi connectivity index (χ3v) is 5.92. The van der Waals surface area contributed by atoms with Crippen molar-refractivity contribution in [3.63, 3.8) is 0 Å². The average Bonchev–Trinajstić information content (AvgIpc) is 3.41. The van der Waals surface area contributed by atoms with Gasteiger partial charge in [0.15, 0.2) is 5.82 Å². The largest absolute Gasteiger partial charge is 0.381 e. The molecular formula is C20H23N5O3. The lowest BCUT2D eigenvalue weighted by atomic mass is 10.00. The van der Waals surface area contributed by atoms with Crippen LogP contribution in [0.4, 0.5) is 4.79 Å². The zero-order valence-electron chi connectivity index (χ0n) is 15.6. The molecule has 1 aromatic heterocycles. The molecule has 3 aliphatic rings. The molecule has 1 N–H and O–H groups in total. The highest BCUT2D eigenvalue weighted by atomic mass is 16.5. The van der Waals surface area contributed by atoms with Crippen molar-refractivity contribution in [2.24, 2.45) is 0 Å². The van der Waals surface area contributed by atoms with Gasteiger partial charge >= 0.3 is 6.03 Å². The molecule has 8 heteroatoms. The van der Waals surface area contributed by atoms with Crippen molar-refractivity contribution in [3.05, 3.63) is 47.0 Å². The fourth-order valence-electron chi connectivity index (χ4n) is 4.37. The monoisotopic (exact) mass is 381 g/mol. The molecule has 2 fully saturated rings. The number of carbonyl (C=O) groups is 2. The van der Waals surface area contributed by atoms with Crippen LogP contribution in [-0.2, 0) is 28.9 Å². The number of hydrogen-bond acceptors (Lipinski definition) is 5. The standard InChI is InChI=1S/C20H23N5O3/c26-18-11-21-20(27)24(18)12-17-22-19(13-5-7-28-8-6-13)23-25(17)16-9-14-3-1-2-4-15(14)10-16/h1-4,13,16H,5-12H2,(H,21,27). The summed E-state index contributed by atoms with van der Waals surface area (Å²) in [6.45, 7) is 1.65. The highest BCUT2D eigenvalue weighted by Gasteiger charge is 2.33. The number of benzene rings is 1. The van der Waals surface area contributed by atoms with Crippen LogP contribution < -0.4 is 5.32 Å². The van der Waals surface area contributed by atoms with E-state index in [0.717, 1.165) is 44.7 Å². The minimum absolute atomic E-state index is 0.0503. The summed E-state index contributed by atoms with van der Waals surface area (Å²) in [6.07, 6.45) is 3.58. The number of nitrogens with one attached hydrogen (secondary N) is 1. The molecule has 2 saturated heterocycles. The van der Waals surface area contributed by atoms with E-state index in [1.54, 1.807) is 0 Å². The van der Waals surface area contributed by atoms with E-state index in [1.165, 1.54) is 16.0 Å². The molecule has 3 amide bonds. The Morgan fingerprint density at radius 3 is 2.46 bits per heavy atom. The second kappa shape index (κ2) is 7.01. The van der Waals surface area contributed by atoms with Crippen LogP contribution in [0, 0.1) is 0 Å². The van der Waals surface area contributed by atoms with Crippen LogP contribution in [0.25, 0.3) is 0 Å². The predicted octanol–water partition coefficient (Wildman–Crippen LogP) is 1.56. The van der Waals surface area contributed by atoms with Crippen LogP contribution >= 0.6 is 0 Å². The zero-order chi connectivity index (χ0) is 19.1. The Morgan fingerprint density at radius 2 is 1.82 bits per heavy atom. The van der Waals surface area contributed by atoms with E-state index in [1.807, 2.05) is 4.68 Å². The molecule has 1 aromatic carbocycles. The first-order valence-electron chi connectivity index (χ1n) is 9.87. The topological polar surface area (TPSA) is 89.3 Å². The van der Waals surface area contributed by atoms with Crippen LogP contribution in [0.2, 0.25) is 0 Å². The van der Waals surface area contributed by atoms with Crippen LogP contribution in [-0.4, -0.2) is 51.4 Å². The SMILES string of the molecule is O=C1CNC(=O)N1Cc1nc(C2CCOCC2)nn1C1Cc2ccccc2C1. The van der Waals surface area contributed by atoms with Gasteiger partial charge < -0.3 is 10.1 Å². The van der Waals surface area contributed by atoms with Crippen molar-refractivity contribution in [2.75, 3.05) is 19.8 Å². The highest BCUT2D eigenvalue weighted by molar-refractivity contribution is 6.01. The molecule has 0 bridgehead atoms. The molecule has 1 aliphatic carbocycles. The average molecular weight is 381 g/mol. The lowest BCUT2D eigenvalue weighted by Crippen LogP contribution is -2.32. The van der Waals surface area contributed by atoms with Gasteiger partial charge in [0.05, 0.1) is 19.1 Å². The Morgan fingerprint density at radius 1 is 1.11 bits per heavy atom. The summed E-state index contributed by atoms with van der Waals surface area (Å²) < 4.78 is 7.43. The van der Waals surface area contributed by atoms with E-state index in [4.69, 9.17) is 14.8 Å². The number of imide groups is 1. The van der Waals surface area contributed by atoms with Crippen molar-refractivity contribution in [1.29, 1.82) is 0 Å². The van der Waals surface area contributed by atoms with Gasteiger partial charge in [-0.1, -0.05) is 24.3 Å². The minimum atomic E-state index is -0.359. The van der Waals surface area contributed by atoms with Crippen LogP contribution in [0.5, 0.6) is 0 Å². The molecular weight excluding hydrogens is 358 g/mol. The molecule has 0 spiro atoms. The minimum Gasteiger partial charge on any atom is -0.381 e. The number of nitrogens with zero attached hydrogens (tertiary/aromatic N) is 4. The first-order chi connectivity index (χ1) is 13.7. The van der Waals surface area contributed by atoms with Crippen LogP contribution in [0.1, 0.15) is 47.6 Å². The third-order valence-electron chi connectivity index (χ3n) is 5.92. The molecule has 0 unspecified atom stereocenters. The number of amides is 3. The smallest absolute Gasteiger partial charge is 0.325 e. The number of carbonyl (C=O) groups excluding carboxylic acids is 2. The zero-order valence-corrected chi connectivity index (χ0v) is 15.6. The number of rotatable bonds is 4. The van der Waals surface area contributed by atoms with Gasteiger partial charge in [-0.2, -0.15) is 5.10 Å². The summed E-state index contributed by atoms with van der Waals surface area (Å²) in [5, 5.41) is 7.45. The van der Waals surface area contributed by atoms with Gasteiger partial charge in [-0.05, 0) is 36.8 Å². The number of urea groups is 1. The van der Waals surface area contributed by atoms with E-state index < -0.39 is 0 Å². The maximum Gasteiger partial charge on any atom is 0.325 e. The molecule has 146 valence electrons. The molecule has 28 heavy (non-hydrogen) atoms. The van der Waals surface area contributed by atoms with Crippen molar-refractivity contribution in [2.45, 2.75) is 44.2 Å². The van der Waals surface area contributed by atoms with E-state index in [0.29, 0.717) is 5.82 Å². The number of ether oxygens (including phenoxy) is 1. The molecule has 8 nitrogen and oxygen atoms in total. The van der Waals surface area contributed by atoms with Crippen molar-refractivity contribution in [1.82, 2.24) is 25.0 Å². The molecule has 0 saturated carbocycles. The van der Waals surface area contributed by atoms with Crippen LogP contribution in [0.15, 0.2) is 24.3 Å². The fraction of sp³-hybridized carbons (Fsp3) is 0.500. The summed E-state index contributed by atoms with van der Waals surface area (Å²) in [5.41, 5.74) is 2.66. The first-order valence-corrected chi connectivity index (χ1v) is 9.87. The summed E-state index contributed by atoms with van der Waals surface area (Å²) in [7, 11) is 0. The van der Waals surface area contributed by atoms with Gasteiger partial charge in [0, 0.05) is 19.1 Å². The number of fused-ring (bicyclic) bond motifs is 1. The van der Waals surface area contributed by atoms with Crippen molar-refractivity contribution >= 4 is 11.9 Å². The Bertz CT molecular complexity index is 877. The van der Waals surface area contributed by atoms with Gasteiger partial charge in [-0.15, -0.1) is 0 Å². The summed E-state index contributed by atoms with van der Waals surface area (Å²) in [6, 6.07) is 8.23. The van der Waals surface area contributed by atoms with Gasteiger partial charge in [-0.3, -0.25) is 9.69 Å². The summed E-state index contributed by atoms with van der Waals surface area (Å²) in [5.74, 6) is 1.54. The van der Waals surface area contributed by atoms with Crippen molar-refractivity contribution < 1.29 is 14.3 Å². The van der Waals surface area contributed by atoms with E-state index in [9.17, 15) is 9.59 Å². The fourth-order valence-corrected chi connectivity index (χ4v) is 4.37. The molecule has 0 atom stereocenters. The Labute approximate surface area is 162 Å². The van der Waals surface area contributed by atoms with E-state index in [-0.39, 0.29) is 37.0 Å². The lowest BCUT2D eigenvalue weighted by molar-refractivity contribution is -0.125. The number of hydrogen-bond donors (Lipinski definition) is 1. The number of aromatic nitrogens is 3. The molecule has 5 rings (SSSR count). The maximum absolute atomic E-state index is 12.1. The first kappa shape index (κ1) is 17.4. The van der Waals surface area contributed by atoms with Gasteiger partial charge in [0.25, 0.3) is 0 Å². The maximum atomic E-state index is 12.1. The second-order valence-corrected chi connectivity index (χ2v) is 7.69. The van der Waals surface area contributed by atoms with E-state index >= 15 is 0 Å². The van der Waals surface area contributed by atoms with Crippen LogP contribution in [0.3, 0.4) is 0 Å². The Kier molecular flexibility index (Phi) is 4.35. The Hall–Kier alpha value is -2.74. The molecule has 3 heterocycles. The highest BCUT2D eigenvalue weighted by Crippen LogP contribution is 2.32. The lowest BCUT2D eigenvalue weighted by Gasteiger charge is -2.19. The Balaban J connectivity index is 1.46. The molecule has 2 aromatic rings. The quantitative estimate of drug-likeness (QED) is 0.812. The summed E-state index contributed by atoms with van der Waals surface area (Å²) in [4.78, 5) is 30.1. The van der Waals surface area contributed by atoms with Gasteiger partial charge in [0.2, 0.25) is 5.91 Å². The second-order valence-electron chi connectivity index (χ2n) is 7.69.